The number of nitrogens with zero attached hydrogens (tertiary/aromatic N) is 2. The lowest BCUT2D eigenvalue weighted by molar-refractivity contribution is -0.123. The molecule has 194 valence electrons. The first-order valence-electron chi connectivity index (χ1n) is 12.5. The molecule has 1 atom stereocenters. The third-order valence-electron chi connectivity index (χ3n) is 6.12. The van der Waals surface area contributed by atoms with Crippen molar-refractivity contribution >= 4 is 16.9 Å². The molecule has 4 aromatic rings. The van der Waals surface area contributed by atoms with Crippen LogP contribution in [-0.4, -0.2) is 38.3 Å². The van der Waals surface area contributed by atoms with Gasteiger partial charge in [0.25, 0.3) is 11.5 Å². The molecule has 2 aromatic heterocycles. The van der Waals surface area contributed by atoms with Crippen LogP contribution in [0, 0.1) is 0 Å². The molecule has 9 heteroatoms. The van der Waals surface area contributed by atoms with Crippen LogP contribution < -0.4 is 21.3 Å². The standard InChI is InChI=1S/C28H32N4O5/c1-3-14-31-23-16-22(30-26(23)27(35)32(15-4-2)28(31)36)19-10-12-21(13-11-19)37-18-25(34)29-17-24(33)20-8-6-5-7-9-20/h5-13,16,24,30,33H,3-4,14-15,17-18H2,1-2H3,(H,29,34). The fraction of sp³-hybridized carbons (Fsp3) is 0.321. The Morgan fingerprint density at radius 2 is 1.68 bits per heavy atom. The third kappa shape index (κ3) is 5.83. The number of ether oxygens (including phenoxy) is 1. The van der Waals surface area contributed by atoms with Crippen molar-refractivity contribution in [1.29, 1.82) is 0 Å². The summed E-state index contributed by atoms with van der Waals surface area (Å²) in [5.74, 6) is 0.166. The van der Waals surface area contributed by atoms with Gasteiger partial charge in [0, 0.05) is 25.3 Å². The van der Waals surface area contributed by atoms with Crippen molar-refractivity contribution in [3.05, 3.63) is 87.1 Å². The van der Waals surface area contributed by atoms with Gasteiger partial charge in [0.05, 0.1) is 11.6 Å². The largest absolute Gasteiger partial charge is 0.484 e. The van der Waals surface area contributed by atoms with Crippen molar-refractivity contribution in [3.63, 3.8) is 0 Å². The summed E-state index contributed by atoms with van der Waals surface area (Å²) in [6.07, 6.45) is 0.665. The van der Waals surface area contributed by atoms with Crippen molar-refractivity contribution < 1.29 is 14.6 Å². The van der Waals surface area contributed by atoms with Gasteiger partial charge in [-0.25, -0.2) is 4.79 Å². The number of aliphatic hydroxyl groups excluding tert-OH is 1. The van der Waals surface area contributed by atoms with Gasteiger partial charge in [-0.15, -0.1) is 0 Å². The molecular weight excluding hydrogens is 472 g/mol. The van der Waals surface area contributed by atoms with Gasteiger partial charge in [0.2, 0.25) is 0 Å². The molecule has 0 aliphatic rings. The van der Waals surface area contributed by atoms with Gasteiger partial charge in [0.15, 0.2) is 6.61 Å². The number of hydrogen-bond donors (Lipinski definition) is 3. The summed E-state index contributed by atoms with van der Waals surface area (Å²) in [7, 11) is 0. The molecule has 9 nitrogen and oxygen atoms in total. The molecule has 0 spiro atoms. The highest BCUT2D eigenvalue weighted by atomic mass is 16.5. The SMILES string of the molecule is CCCn1c(=O)c2[nH]c(-c3ccc(OCC(=O)NCC(O)c4ccccc4)cc3)cc2n(CCC)c1=O. The molecule has 0 saturated heterocycles. The number of H-pyrrole nitrogens is 1. The van der Waals surface area contributed by atoms with Gasteiger partial charge in [0.1, 0.15) is 11.3 Å². The number of aromatic amines is 1. The van der Waals surface area contributed by atoms with E-state index >= 15 is 0 Å². The van der Waals surface area contributed by atoms with Gasteiger partial charge in [-0.05, 0) is 54.3 Å². The van der Waals surface area contributed by atoms with Crippen molar-refractivity contribution in [2.75, 3.05) is 13.2 Å². The molecule has 4 rings (SSSR count). The molecule has 0 saturated carbocycles. The van der Waals surface area contributed by atoms with E-state index in [1.807, 2.05) is 50.2 Å². The van der Waals surface area contributed by atoms with Crippen LogP contribution in [-0.2, 0) is 17.9 Å². The van der Waals surface area contributed by atoms with Gasteiger partial charge < -0.3 is 20.1 Å². The first-order valence-corrected chi connectivity index (χ1v) is 12.5. The van der Waals surface area contributed by atoms with Crippen LogP contribution in [0.5, 0.6) is 5.75 Å². The van der Waals surface area contributed by atoms with E-state index in [2.05, 4.69) is 10.3 Å². The second-order valence-electron chi connectivity index (χ2n) is 8.88. The van der Waals surface area contributed by atoms with E-state index in [0.717, 1.165) is 17.5 Å². The quantitative estimate of drug-likeness (QED) is 0.290. The summed E-state index contributed by atoms with van der Waals surface area (Å²) in [4.78, 5) is 41.2. The Morgan fingerprint density at radius 3 is 2.35 bits per heavy atom. The lowest BCUT2D eigenvalue weighted by Crippen LogP contribution is -2.39. The lowest BCUT2D eigenvalue weighted by Gasteiger charge is -2.12. The highest BCUT2D eigenvalue weighted by molar-refractivity contribution is 5.82. The molecular formula is C28H32N4O5. The molecule has 0 radical (unpaired) electrons. The van der Waals surface area contributed by atoms with E-state index in [-0.39, 0.29) is 30.3 Å². The molecule has 1 amide bonds. The lowest BCUT2D eigenvalue weighted by atomic mass is 10.1. The molecule has 0 aliphatic heterocycles. The second kappa shape index (κ2) is 11.7. The van der Waals surface area contributed by atoms with Crippen molar-refractivity contribution in [3.8, 4) is 17.0 Å². The highest BCUT2D eigenvalue weighted by Crippen LogP contribution is 2.24. The summed E-state index contributed by atoms with van der Waals surface area (Å²) in [6.45, 7) is 4.72. The molecule has 0 fully saturated rings. The Bertz CT molecular complexity index is 1470. The number of rotatable bonds is 11. The predicted octanol–water partition coefficient (Wildman–Crippen LogP) is 3.21. The van der Waals surface area contributed by atoms with Crippen molar-refractivity contribution in [2.45, 2.75) is 45.9 Å². The maximum atomic E-state index is 13.0. The summed E-state index contributed by atoms with van der Waals surface area (Å²) in [5, 5.41) is 12.8. The monoisotopic (exact) mass is 504 g/mol. The van der Waals surface area contributed by atoms with Crippen LogP contribution in [0.3, 0.4) is 0 Å². The Kier molecular flexibility index (Phi) is 8.25. The molecule has 3 N–H and O–H groups in total. The van der Waals surface area contributed by atoms with Crippen LogP contribution in [0.4, 0.5) is 0 Å². The zero-order valence-corrected chi connectivity index (χ0v) is 21.1. The number of aliphatic hydroxyl groups is 1. The molecule has 0 bridgehead atoms. The molecule has 2 aromatic carbocycles. The third-order valence-corrected chi connectivity index (χ3v) is 6.12. The van der Waals surface area contributed by atoms with E-state index in [1.165, 1.54) is 4.57 Å². The average molecular weight is 505 g/mol. The second-order valence-corrected chi connectivity index (χ2v) is 8.88. The molecule has 37 heavy (non-hydrogen) atoms. The zero-order valence-electron chi connectivity index (χ0n) is 21.1. The van der Waals surface area contributed by atoms with E-state index in [1.54, 1.807) is 28.8 Å². The Balaban J connectivity index is 1.44. The highest BCUT2D eigenvalue weighted by Gasteiger charge is 2.16. The first kappa shape index (κ1) is 26.0. The minimum absolute atomic E-state index is 0.0919. The molecule has 0 aliphatic carbocycles. The summed E-state index contributed by atoms with van der Waals surface area (Å²) < 4.78 is 8.52. The number of carbonyl (C=O) groups excluding carboxylic acids is 1. The normalized spacial score (nSPS) is 12.0. The van der Waals surface area contributed by atoms with E-state index < -0.39 is 6.10 Å². The maximum absolute atomic E-state index is 13.0. The zero-order chi connectivity index (χ0) is 26.4. The van der Waals surface area contributed by atoms with Crippen molar-refractivity contribution in [1.82, 2.24) is 19.4 Å². The van der Waals surface area contributed by atoms with Crippen molar-refractivity contribution in [2.24, 2.45) is 0 Å². The van der Waals surface area contributed by atoms with Crippen LogP contribution >= 0.6 is 0 Å². The average Bonchev–Trinajstić information content (AvgIpc) is 3.37. The molecule has 2 heterocycles. The fourth-order valence-electron chi connectivity index (χ4n) is 4.24. The van der Waals surface area contributed by atoms with Crippen LogP contribution in [0.1, 0.15) is 38.4 Å². The smallest absolute Gasteiger partial charge is 0.331 e. The first-order chi connectivity index (χ1) is 17.9. The Labute approximate surface area is 214 Å². The number of amides is 1. The van der Waals surface area contributed by atoms with E-state index in [0.29, 0.717) is 42.0 Å². The maximum Gasteiger partial charge on any atom is 0.331 e. The Hall–Kier alpha value is -4.11. The van der Waals surface area contributed by atoms with Crippen LogP contribution in [0.15, 0.2) is 70.3 Å². The number of benzene rings is 2. The number of aryl methyl sites for hydroxylation is 1. The summed E-state index contributed by atoms with van der Waals surface area (Å²) in [5.41, 5.74) is 2.65. The predicted molar refractivity (Wildman–Crippen MR) is 143 cm³/mol. The van der Waals surface area contributed by atoms with Crippen LogP contribution in [0.25, 0.3) is 22.3 Å². The summed E-state index contributed by atoms with van der Waals surface area (Å²) in [6, 6.07) is 18.1. The van der Waals surface area contributed by atoms with Gasteiger partial charge in [-0.3, -0.25) is 18.7 Å². The van der Waals surface area contributed by atoms with E-state index in [9.17, 15) is 19.5 Å². The van der Waals surface area contributed by atoms with E-state index in [4.69, 9.17) is 4.74 Å². The van der Waals surface area contributed by atoms with Gasteiger partial charge in [-0.1, -0.05) is 44.2 Å². The Morgan fingerprint density at radius 1 is 1.00 bits per heavy atom. The minimum Gasteiger partial charge on any atom is -0.484 e. The number of aromatic nitrogens is 3. The number of carbonyl (C=O) groups is 1. The fourth-order valence-corrected chi connectivity index (χ4v) is 4.24. The van der Waals surface area contributed by atoms with Gasteiger partial charge >= 0.3 is 5.69 Å². The molecule has 1 unspecified atom stereocenters. The number of nitrogens with one attached hydrogen (secondary N) is 2. The summed E-state index contributed by atoms with van der Waals surface area (Å²) >= 11 is 0. The van der Waals surface area contributed by atoms with Crippen LogP contribution in [0.2, 0.25) is 0 Å². The minimum atomic E-state index is -0.791. The topological polar surface area (TPSA) is 118 Å². The number of fused-ring (bicyclic) bond motifs is 1. The van der Waals surface area contributed by atoms with Gasteiger partial charge in [-0.2, -0.15) is 0 Å². The number of hydrogen-bond acceptors (Lipinski definition) is 5.